The minimum atomic E-state index is -5.03. The molecule has 0 fully saturated rings. The van der Waals surface area contributed by atoms with Gasteiger partial charge in [-0.1, -0.05) is 53.5 Å². The number of nitrogens with zero attached hydrogens (tertiary/aromatic N) is 2. The average Bonchev–Trinajstić information content (AvgIpc) is 3.17. The molecule has 2 aromatic carbocycles. The molecule has 2 aromatic rings. The summed E-state index contributed by atoms with van der Waals surface area (Å²) in [4.78, 5) is 36.8. The SMILES string of the molecule is N#CC1=C(Cl)CN(COC(=O)CNC(=O)CNC(=O)c2ccccc2)C1(c1ccc(Cl)cc1)C(F)(F)F. The zero-order chi connectivity index (χ0) is 27.2. The van der Waals surface area contributed by atoms with E-state index >= 15 is 0 Å². The Labute approximate surface area is 219 Å². The van der Waals surface area contributed by atoms with Crippen molar-refractivity contribution in [2.24, 2.45) is 0 Å². The number of hydrogen-bond acceptors (Lipinski definition) is 6. The van der Waals surface area contributed by atoms with E-state index in [0.29, 0.717) is 10.5 Å². The van der Waals surface area contributed by atoms with Crippen LogP contribution in [0.5, 0.6) is 0 Å². The third-order valence-corrected chi connectivity index (χ3v) is 6.04. The van der Waals surface area contributed by atoms with Crippen LogP contribution >= 0.6 is 23.2 Å². The highest BCUT2D eigenvalue weighted by Crippen LogP contribution is 2.54. The molecule has 1 atom stereocenters. The van der Waals surface area contributed by atoms with Crippen molar-refractivity contribution < 1.29 is 32.3 Å². The smallest absolute Gasteiger partial charge is 0.416 e. The highest BCUT2D eigenvalue weighted by atomic mass is 35.5. The monoisotopic (exact) mass is 554 g/mol. The van der Waals surface area contributed by atoms with Crippen LogP contribution in [0.2, 0.25) is 5.02 Å². The predicted molar refractivity (Wildman–Crippen MR) is 127 cm³/mol. The fourth-order valence-electron chi connectivity index (χ4n) is 3.79. The molecule has 194 valence electrons. The van der Waals surface area contributed by atoms with Crippen molar-refractivity contribution in [1.82, 2.24) is 15.5 Å². The summed E-state index contributed by atoms with van der Waals surface area (Å²) in [5.74, 6) is -2.27. The van der Waals surface area contributed by atoms with E-state index in [2.05, 4.69) is 10.6 Å². The lowest BCUT2D eigenvalue weighted by Gasteiger charge is -2.40. The first-order valence-electron chi connectivity index (χ1n) is 10.6. The first kappa shape index (κ1) is 28.0. The van der Waals surface area contributed by atoms with Gasteiger partial charge in [-0.25, -0.2) is 4.90 Å². The molecule has 1 heterocycles. The molecule has 0 aromatic heterocycles. The van der Waals surface area contributed by atoms with E-state index in [9.17, 15) is 32.8 Å². The normalized spacial score (nSPS) is 17.7. The Kier molecular flexibility index (Phi) is 8.81. The van der Waals surface area contributed by atoms with Crippen LogP contribution in [-0.2, 0) is 19.9 Å². The number of nitrogens with one attached hydrogen (secondary N) is 2. The van der Waals surface area contributed by atoms with Gasteiger partial charge in [0.2, 0.25) is 5.91 Å². The molecule has 1 aliphatic heterocycles. The van der Waals surface area contributed by atoms with Crippen molar-refractivity contribution in [3.05, 3.63) is 81.4 Å². The average molecular weight is 555 g/mol. The number of benzene rings is 2. The maximum atomic E-state index is 14.6. The van der Waals surface area contributed by atoms with E-state index in [1.807, 2.05) is 0 Å². The van der Waals surface area contributed by atoms with Gasteiger partial charge in [-0.15, -0.1) is 0 Å². The Morgan fingerprint density at radius 3 is 2.27 bits per heavy atom. The zero-order valence-electron chi connectivity index (χ0n) is 18.9. The van der Waals surface area contributed by atoms with Crippen LogP contribution < -0.4 is 10.6 Å². The number of rotatable bonds is 8. The number of ether oxygens (including phenoxy) is 1. The molecule has 0 saturated heterocycles. The van der Waals surface area contributed by atoms with Gasteiger partial charge in [0.1, 0.15) is 13.3 Å². The van der Waals surface area contributed by atoms with Crippen LogP contribution in [0.1, 0.15) is 15.9 Å². The Morgan fingerprint density at radius 2 is 1.68 bits per heavy atom. The highest BCUT2D eigenvalue weighted by molar-refractivity contribution is 6.31. The summed E-state index contributed by atoms with van der Waals surface area (Å²) in [5.41, 5.74) is -3.73. The summed E-state index contributed by atoms with van der Waals surface area (Å²) in [6, 6.07) is 14.3. The first-order chi connectivity index (χ1) is 17.5. The van der Waals surface area contributed by atoms with Crippen molar-refractivity contribution in [2.45, 2.75) is 11.7 Å². The van der Waals surface area contributed by atoms with Crippen molar-refractivity contribution in [3.8, 4) is 6.07 Å². The maximum absolute atomic E-state index is 14.6. The fourth-order valence-corrected chi connectivity index (χ4v) is 4.24. The van der Waals surface area contributed by atoms with E-state index in [0.717, 1.165) is 12.1 Å². The van der Waals surface area contributed by atoms with Crippen LogP contribution in [0.4, 0.5) is 13.2 Å². The molecule has 3 rings (SSSR count). The Bertz CT molecular complexity index is 1250. The second-order valence-electron chi connectivity index (χ2n) is 7.78. The van der Waals surface area contributed by atoms with Gasteiger partial charge < -0.3 is 15.4 Å². The van der Waals surface area contributed by atoms with Crippen LogP contribution in [0.15, 0.2) is 65.2 Å². The van der Waals surface area contributed by atoms with Crippen LogP contribution in [0.3, 0.4) is 0 Å². The highest BCUT2D eigenvalue weighted by Gasteiger charge is 2.66. The van der Waals surface area contributed by atoms with E-state index in [1.165, 1.54) is 18.2 Å². The Morgan fingerprint density at radius 1 is 1.03 bits per heavy atom. The van der Waals surface area contributed by atoms with E-state index in [4.69, 9.17) is 27.9 Å². The van der Waals surface area contributed by atoms with Gasteiger partial charge >= 0.3 is 12.1 Å². The number of carbonyl (C=O) groups excluding carboxylic acids is 3. The summed E-state index contributed by atoms with van der Waals surface area (Å²) < 4.78 is 48.7. The fraction of sp³-hybridized carbons (Fsp3) is 0.250. The molecule has 8 nitrogen and oxygen atoms in total. The van der Waals surface area contributed by atoms with Crippen LogP contribution in [-0.4, -0.2) is 55.2 Å². The molecule has 0 saturated carbocycles. The number of alkyl halides is 3. The van der Waals surface area contributed by atoms with Crippen molar-refractivity contribution in [3.63, 3.8) is 0 Å². The molecule has 0 aliphatic carbocycles. The van der Waals surface area contributed by atoms with Gasteiger partial charge in [-0.2, -0.15) is 18.4 Å². The minimum Gasteiger partial charge on any atom is -0.448 e. The first-order valence-corrected chi connectivity index (χ1v) is 11.4. The third-order valence-electron chi connectivity index (χ3n) is 5.48. The number of esters is 1. The van der Waals surface area contributed by atoms with Crippen molar-refractivity contribution in [2.75, 3.05) is 26.4 Å². The van der Waals surface area contributed by atoms with Gasteiger partial charge in [-0.3, -0.25) is 14.4 Å². The summed E-state index contributed by atoms with van der Waals surface area (Å²) in [7, 11) is 0. The number of nitriles is 1. The Balaban J connectivity index is 1.64. The summed E-state index contributed by atoms with van der Waals surface area (Å²) in [6.45, 7) is -2.51. The van der Waals surface area contributed by atoms with E-state index in [-0.39, 0.29) is 15.6 Å². The number of hydrogen-bond donors (Lipinski definition) is 2. The van der Waals surface area contributed by atoms with Crippen molar-refractivity contribution in [1.29, 1.82) is 5.26 Å². The lowest BCUT2D eigenvalue weighted by atomic mass is 9.83. The topological polar surface area (TPSA) is 112 Å². The zero-order valence-corrected chi connectivity index (χ0v) is 20.5. The van der Waals surface area contributed by atoms with Gasteiger partial charge in [0.25, 0.3) is 5.91 Å². The van der Waals surface area contributed by atoms with Crippen LogP contribution in [0.25, 0.3) is 0 Å². The van der Waals surface area contributed by atoms with E-state index in [1.54, 1.807) is 30.3 Å². The van der Waals surface area contributed by atoms with Crippen LogP contribution in [0, 0.1) is 11.3 Å². The molecule has 0 bridgehead atoms. The number of amides is 2. The predicted octanol–water partition coefficient (Wildman–Crippen LogP) is 3.48. The molecule has 0 radical (unpaired) electrons. The molecule has 13 heteroatoms. The molecular formula is C24H19Cl2F3N4O4. The lowest BCUT2D eigenvalue weighted by Crippen LogP contribution is -2.55. The van der Waals surface area contributed by atoms with Gasteiger partial charge in [0.05, 0.1) is 18.2 Å². The second kappa shape index (κ2) is 11.6. The summed E-state index contributed by atoms with van der Waals surface area (Å²) in [6.07, 6.45) is -5.03. The standard InChI is InChI=1S/C24H19Cl2F3N4O4/c25-17-8-6-16(7-9-17)23(24(27,28)29)18(10-30)19(26)13-33(23)14-37-21(35)12-31-20(34)11-32-22(36)15-4-2-1-3-5-15/h1-9H,11-14H2,(H,31,34)(H,32,36). The molecular weight excluding hydrogens is 536 g/mol. The lowest BCUT2D eigenvalue weighted by molar-refractivity contribution is -0.228. The molecule has 0 spiro atoms. The number of carbonyl (C=O) groups is 3. The Hall–Kier alpha value is -3.59. The quantitative estimate of drug-likeness (QED) is 0.483. The molecule has 2 amide bonds. The largest absolute Gasteiger partial charge is 0.448 e. The molecule has 2 N–H and O–H groups in total. The summed E-state index contributed by atoms with van der Waals surface area (Å²) in [5, 5.41) is 13.9. The van der Waals surface area contributed by atoms with Gasteiger partial charge in [-0.05, 0) is 29.8 Å². The molecule has 1 aliphatic rings. The molecule has 37 heavy (non-hydrogen) atoms. The number of halogens is 5. The van der Waals surface area contributed by atoms with Crippen molar-refractivity contribution >= 4 is 41.0 Å². The molecule has 1 unspecified atom stereocenters. The maximum Gasteiger partial charge on any atom is 0.416 e. The minimum absolute atomic E-state index is 0.182. The van der Waals surface area contributed by atoms with E-state index < -0.39 is 61.4 Å². The summed E-state index contributed by atoms with van der Waals surface area (Å²) >= 11 is 11.8. The second-order valence-corrected chi connectivity index (χ2v) is 8.67. The van der Waals surface area contributed by atoms with Gasteiger partial charge in [0.15, 0.2) is 5.54 Å². The van der Waals surface area contributed by atoms with Gasteiger partial charge in [0, 0.05) is 22.2 Å². The third kappa shape index (κ3) is 6.05.